The van der Waals surface area contributed by atoms with Gasteiger partial charge in [-0.2, -0.15) is 0 Å². The van der Waals surface area contributed by atoms with Gasteiger partial charge in [-0.3, -0.25) is 9.59 Å². The normalized spacial score (nSPS) is 20.6. The number of hydrogen-bond donors (Lipinski definition) is 2. The minimum atomic E-state index is -0.291. The highest BCUT2D eigenvalue weighted by Crippen LogP contribution is 2.23. The predicted molar refractivity (Wildman–Crippen MR) is 89.5 cm³/mol. The number of rotatable bonds is 6. The number of ether oxygens (including phenoxy) is 1. The van der Waals surface area contributed by atoms with Crippen molar-refractivity contribution in [1.82, 2.24) is 10.6 Å². The summed E-state index contributed by atoms with van der Waals surface area (Å²) in [6, 6.07) is 7.28. The molecule has 0 bridgehead atoms. The Morgan fingerprint density at radius 2 is 2.04 bits per heavy atom. The molecule has 0 aliphatic heterocycles. The van der Waals surface area contributed by atoms with Crippen molar-refractivity contribution in [3.8, 4) is 5.75 Å². The van der Waals surface area contributed by atoms with E-state index >= 15 is 0 Å². The zero-order valence-electron chi connectivity index (χ0n) is 13.9. The molecule has 2 N–H and O–H groups in total. The van der Waals surface area contributed by atoms with Crippen LogP contribution in [0.15, 0.2) is 24.3 Å². The fourth-order valence-corrected chi connectivity index (χ4v) is 3.04. The molecular weight excluding hydrogens is 292 g/mol. The molecule has 126 valence electrons. The molecule has 5 heteroatoms. The molecule has 2 rings (SSSR count). The van der Waals surface area contributed by atoms with E-state index in [1.807, 2.05) is 13.0 Å². The number of benzene rings is 1. The zero-order chi connectivity index (χ0) is 16.7. The summed E-state index contributed by atoms with van der Waals surface area (Å²) in [6.07, 6.45) is 4.43. The molecule has 1 aromatic carbocycles. The molecule has 2 atom stereocenters. The lowest BCUT2D eigenvalue weighted by atomic mass is 9.87. The van der Waals surface area contributed by atoms with Gasteiger partial charge < -0.3 is 15.4 Å². The van der Waals surface area contributed by atoms with Crippen LogP contribution in [0.1, 0.15) is 49.9 Å². The molecule has 2 amide bonds. The number of nitrogens with one attached hydrogen (secondary N) is 2. The second kappa shape index (κ2) is 8.56. The van der Waals surface area contributed by atoms with Crippen LogP contribution in [-0.2, 0) is 4.79 Å². The highest BCUT2D eigenvalue weighted by molar-refractivity contribution is 5.98. The first-order chi connectivity index (χ1) is 11.1. The molecule has 0 saturated heterocycles. The van der Waals surface area contributed by atoms with Crippen LogP contribution in [0.5, 0.6) is 5.75 Å². The molecule has 1 aliphatic rings. The third-order valence-corrected chi connectivity index (χ3v) is 4.14. The third-order valence-electron chi connectivity index (χ3n) is 4.14. The number of carbonyl (C=O) groups excluding carboxylic acids is 2. The molecule has 1 aromatic rings. The van der Waals surface area contributed by atoms with Crippen molar-refractivity contribution in [2.24, 2.45) is 5.92 Å². The summed E-state index contributed by atoms with van der Waals surface area (Å²) < 4.78 is 5.44. The van der Waals surface area contributed by atoms with E-state index in [9.17, 15) is 9.59 Å². The fraction of sp³-hybridized carbons (Fsp3) is 0.556. The van der Waals surface area contributed by atoms with Crippen LogP contribution in [0.3, 0.4) is 0 Å². The van der Waals surface area contributed by atoms with Crippen molar-refractivity contribution in [3.05, 3.63) is 29.8 Å². The maximum absolute atomic E-state index is 12.2. The SMILES string of the molecule is CCOc1ccccc1C(=O)NCC(=O)NC1CCCC(C)C1. The largest absolute Gasteiger partial charge is 0.493 e. The summed E-state index contributed by atoms with van der Waals surface area (Å²) in [6.45, 7) is 4.56. The van der Waals surface area contributed by atoms with Gasteiger partial charge in [-0.1, -0.05) is 31.9 Å². The van der Waals surface area contributed by atoms with Gasteiger partial charge in [-0.15, -0.1) is 0 Å². The third kappa shape index (κ3) is 5.27. The van der Waals surface area contributed by atoms with Crippen molar-refractivity contribution in [2.75, 3.05) is 13.2 Å². The van der Waals surface area contributed by atoms with E-state index in [0.29, 0.717) is 23.8 Å². The second-order valence-electron chi connectivity index (χ2n) is 6.15. The first-order valence-electron chi connectivity index (χ1n) is 8.39. The summed E-state index contributed by atoms with van der Waals surface area (Å²) in [5.41, 5.74) is 0.452. The molecule has 0 radical (unpaired) electrons. The highest BCUT2D eigenvalue weighted by atomic mass is 16.5. The smallest absolute Gasteiger partial charge is 0.255 e. The van der Waals surface area contributed by atoms with Crippen molar-refractivity contribution in [2.45, 2.75) is 45.6 Å². The van der Waals surface area contributed by atoms with Crippen LogP contribution in [0, 0.1) is 5.92 Å². The molecule has 1 aliphatic carbocycles. The Balaban J connectivity index is 1.83. The first kappa shape index (κ1) is 17.3. The topological polar surface area (TPSA) is 67.4 Å². The number of amides is 2. The summed E-state index contributed by atoms with van der Waals surface area (Å²) in [7, 11) is 0. The Labute approximate surface area is 137 Å². The van der Waals surface area contributed by atoms with Crippen molar-refractivity contribution < 1.29 is 14.3 Å². The molecule has 1 fully saturated rings. The molecular formula is C18H26N2O3. The van der Waals surface area contributed by atoms with Gasteiger partial charge in [0.2, 0.25) is 5.91 Å². The quantitative estimate of drug-likeness (QED) is 0.847. The minimum Gasteiger partial charge on any atom is -0.493 e. The first-order valence-corrected chi connectivity index (χ1v) is 8.39. The Bertz CT molecular complexity index is 545. The molecule has 0 aromatic heterocycles. The van der Waals surface area contributed by atoms with E-state index in [2.05, 4.69) is 17.6 Å². The van der Waals surface area contributed by atoms with Crippen molar-refractivity contribution in [3.63, 3.8) is 0 Å². The summed E-state index contributed by atoms with van der Waals surface area (Å²) in [5, 5.41) is 5.68. The lowest BCUT2D eigenvalue weighted by Gasteiger charge is -2.27. The lowest BCUT2D eigenvalue weighted by Crippen LogP contribution is -2.43. The zero-order valence-corrected chi connectivity index (χ0v) is 13.9. The Morgan fingerprint density at radius 1 is 1.26 bits per heavy atom. The molecule has 5 nitrogen and oxygen atoms in total. The fourth-order valence-electron chi connectivity index (χ4n) is 3.04. The van der Waals surface area contributed by atoms with Gasteiger partial charge in [-0.25, -0.2) is 0 Å². The lowest BCUT2D eigenvalue weighted by molar-refractivity contribution is -0.121. The predicted octanol–water partition coefficient (Wildman–Crippen LogP) is 2.51. The average Bonchev–Trinajstić information content (AvgIpc) is 2.53. The Hall–Kier alpha value is -2.04. The van der Waals surface area contributed by atoms with Crippen molar-refractivity contribution >= 4 is 11.8 Å². The van der Waals surface area contributed by atoms with Crippen LogP contribution < -0.4 is 15.4 Å². The van der Waals surface area contributed by atoms with Gasteiger partial charge in [0.25, 0.3) is 5.91 Å². The standard InChI is InChI=1S/C18H26N2O3/c1-3-23-16-10-5-4-9-15(16)18(22)19-12-17(21)20-14-8-6-7-13(2)11-14/h4-5,9-10,13-14H,3,6-8,11-12H2,1-2H3,(H,19,22)(H,20,21). The van der Waals surface area contributed by atoms with E-state index < -0.39 is 0 Å². The van der Waals surface area contributed by atoms with Crippen molar-refractivity contribution in [1.29, 1.82) is 0 Å². The Morgan fingerprint density at radius 3 is 2.78 bits per heavy atom. The summed E-state index contributed by atoms with van der Waals surface area (Å²) >= 11 is 0. The van der Waals surface area contributed by atoms with Crippen LogP contribution in [0.2, 0.25) is 0 Å². The Kier molecular flexibility index (Phi) is 6.44. The minimum absolute atomic E-state index is 0.00975. The van der Waals surface area contributed by atoms with E-state index in [-0.39, 0.29) is 24.4 Å². The molecule has 23 heavy (non-hydrogen) atoms. The number of hydrogen-bond acceptors (Lipinski definition) is 3. The molecule has 0 heterocycles. The van der Waals surface area contributed by atoms with Crippen LogP contribution in [0.25, 0.3) is 0 Å². The van der Waals surface area contributed by atoms with E-state index in [1.54, 1.807) is 18.2 Å². The van der Waals surface area contributed by atoms with E-state index in [4.69, 9.17) is 4.74 Å². The molecule has 0 spiro atoms. The number of para-hydroxylation sites is 1. The van der Waals surface area contributed by atoms with Crippen LogP contribution in [0.4, 0.5) is 0 Å². The average molecular weight is 318 g/mol. The van der Waals surface area contributed by atoms with Gasteiger partial charge in [0.1, 0.15) is 5.75 Å². The maximum Gasteiger partial charge on any atom is 0.255 e. The number of carbonyl (C=O) groups is 2. The van der Waals surface area contributed by atoms with Crippen LogP contribution >= 0.6 is 0 Å². The summed E-state index contributed by atoms with van der Waals surface area (Å²) in [4.78, 5) is 24.2. The highest BCUT2D eigenvalue weighted by Gasteiger charge is 2.20. The van der Waals surface area contributed by atoms with Crippen LogP contribution in [-0.4, -0.2) is 31.0 Å². The van der Waals surface area contributed by atoms with Gasteiger partial charge in [0.15, 0.2) is 0 Å². The van der Waals surface area contributed by atoms with E-state index in [1.165, 1.54) is 6.42 Å². The van der Waals surface area contributed by atoms with Gasteiger partial charge >= 0.3 is 0 Å². The molecule has 1 saturated carbocycles. The monoisotopic (exact) mass is 318 g/mol. The molecule has 2 unspecified atom stereocenters. The van der Waals surface area contributed by atoms with E-state index in [0.717, 1.165) is 19.3 Å². The van der Waals surface area contributed by atoms with Gasteiger partial charge in [0, 0.05) is 6.04 Å². The second-order valence-corrected chi connectivity index (χ2v) is 6.15. The maximum atomic E-state index is 12.2. The van der Waals surface area contributed by atoms with Gasteiger partial charge in [0.05, 0.1) is 18.7 Å². The van der Waals surface area contributed by atoms with Gasteiger partial charge in [-0.05, 0) is 37.8 Å². The summed E-state index contributed by atoms with van der Waals surface area (Å²) in [5.74, 6) is 0.767.